The average molecular weight is 284 g/mol. The molecule has 5 nitrogen and oxygen atoms in total. The minimum Gasteiger partial charge on any atom is -0.370 e. The number of fused-ring (bicyclic) bond motifs is 1. The highest BCUT2D eigenvalue weighted by Gasteiger charge is 2.23. The molecule has 6 heteroatoms. The number of benzene rings is 1. The largest absolute Gasteiger partial charge is 0.370 e. The Kier molecular flexibility index (Phi) is 2.89. The second-order valence-electron chi connectivity index (χ2n) is 5.02. The highest BCUT2D eigenvalue weighted by atomic mass is 19.1. The second kappa shape index (κ2) is 4.89. The Balaban J connectivity index is 1.83. The maximum Gasteiger partial charge on any atom is 0.253 e. The van der Waals surface area contributed by atoms with Crippen molar-refractivity contribution in [2.75, 3.05) is 6.61 Å². The Hall–Kier alpha value is -2.34. The molecule has 2 aromatic heterocycles. The van der Waals surface area contributed by atoms with E-state index in [0.717, 1.165) is 30.7 Å². The van der Waals surface area contributed by atoms with E-state index >= 15 is 0 Å². The van der Waals surface area contributed by atoms with Gasteiger partial charge in [0.2, 0.25) is 0 Å². The summed E-state index contributed by atoms with van der Waals surface area (Å²) in [4.78, 5) is 8.68. The van der Waals surface area contributed by atoms with Gasteiger partial charge in [-0.05, 0) is 43.2 Å². The zero-order valence-corrected chi connectivity index (χ0v) is 11.2. The fourth-order valence-electron chi connectivity index (χ4n) is 2.57. The maximum absolute atomic E-state index is 13.1. The van der Waals surface area contributed by atoms with Crippen LogP contribution >= 0.6 is 0 Å². The highest BCUT2D eigenvalue weighted by Crippen LogP contribution is 2.27. The van der Waals surface area contributed by atoms with Crippen LogP contribution in [0.5, 0.6) is 0 Å². The lowest BCUT2D eigenvalue weighted by molar-refractivity contribution is 0.105. The number of aromatic nitrogens is 4. The van der Waals surface area contributed by atoms with Gasteiger partial charge in [-0.25, -0.2) is 9.37 Å². The topological polar surface area (TPSA) is 52.3 Å². The van der Waals surface area contributed by atoms with Crippen molar-refractivity contribution in [2.24, 2.45) is 0 Å². The van der Waals surface area contributed by atoms with Gasteiger partial charge in [0, 0.05) is 18.4 Å². The summed E-state index contributed by atoms with van der Waals surface area (Å²) in [7, 11) is 0. The molecule has 1 fully saturated rings. The zero-order chi connectivity index (χ0) is 14.2. The van der Waals surface area contributed by atoms with E-state index in [4.69, 9.17) is 4.74 Å². The van der Waals surface area contributed by atoms with Crippen molar-refractivity contribution in [3.8, 4) is 11.3 Å². The predicted octanol–water partition coefficient (Wildman–Crippen LogP) is 2.78. The molecule has 1 aliphatic rings. The molecule has 0 amide bonds. The third kappa shape index (κ3) is 2.17. The number of hydrogen-bond donors (Lipinski definition) is 0. The van der Waals surface area contributed by atoms with Crippen LogP contribution in [0.1, 0.15) is 24.8 Å². The first kappa shape index (κ1) is 12.4. The van der Waals surface area contributed by atoms with E-state index in [9.17, 15) is 4.39 Å². The monoisotopic (exact) mass is 284 g/mol. The van der Waals surface area contributed by atoms with Gasteiger partial charge in [0.15, 0.2) is 5.82 Å². The molecule has 1 aliphatic heterocycles. The molecule has 4 rings (SSSR count). The summed E-state index contributed by atoms with van der Waals surface area (Å²) in [6.45, 7) is 0.748. The van der Waals surface area contributed by atoms with E-state index in [1.165, 1.54) is 12.1 Å². The lowest BCUT2D eigenvalue weighted by Crippen LogP contribution is -2.00. The first-order chi connectivity index (χ1) is 10.3. The highest BCUT2D eigenvalue weighted by molar-refractivity contribution is 5.61. The first-order valence-corrected chi connectivity index (χ1v) is 6.90. The van der Waals surface area contributed by atoms with Crippen LogP contribution < -0.4 is 0 Å². The quantitative estimate of drug-likeness (QED) is 0.726. The van der Waals surface area contributed by atoms with Gasteiger partial charge in [0.1, 0.15) is 11.9 Å². The Morgan fingerprint density at radius 2 is 2.05 bits per heavy atom. The summed E-state index contributed by atoms with van der Waals surface area (Å²) in [5.41, 5.74) is 1.70. The third-order valence-electron chi connectivity index (χ3n) is 3.61. The van der Waals surface area contributed by atoms with Gasteiger partial charge in [0.05, 0.1) is 5.69 Å². The normalized spacial score (nSPS) is 18.4. The van der Waals surface area contributed by atoms with Gasteiger partial charge >= 0.3 is 0 Å². The Morgan fingerprint density at radius 3 is 2.81 bits per heavy atom. The number of ether oxygens (including phenoxy) is 1. The van der Waals surface area contributed by atoms with Crippen LogP contribution in [-0.4, -0.2) is 26.2 Å². The van der Waals surface area contributed by atoms with Crippen LogP contribution in [0.15, 0.2) is 36.5 Å². The van der Waals surface area contributed by atoms with E-state index in [1.807, 2.05) is 6.07 Å². The van der Waals surface area contributed by atoms with E-state index in [-0.39, 0.29) is 11.9 Å². The molecule has 21 heavy (non-hydrogen) atoms. The van der Waals surface area contributed by atoms with Gasteiger partial charge in [-0.15, -0.1) is 5.10 Å². The Bertz CT molecular complexity index is 778. The predicted molar refractivity (Wildman–Crippen MR) is 74.1 cm³/mol. The first-order valence-electron chi connectivity index (χ1n) is 6.90. The molecule has 0 saturated carbocycles. The molecule has 0 aliphatic carbocycles. The molecule has 0 spiro atoms. The van der Waals surface area contributed by atoms with E-state index in [1.54, 1.807) is 22.8 Å². The van der Waals surface area contributed by atoms with Crippen LogP contribution in [0.25, 0.3) is 17.0 Å². The molecule has 3 aromatic rings. The van der Waals surface area contributed by atoms with E-state index in [2.05, 4.69) is 15.1 Å². The third-order valence-corrected chi connectivity index (χ3v) is 3.61. The molecule has 3 heterocycles. The SMILES string of the molecule is Fc1ccc(-c2ccnc3nc(C4CCCO4)nn23)cc1. The molecule has 0 N–H and O–H groups in total. The standard InChI is InChI=1S/C15H13FN4O/c16-11-5-3-10(4-6-11)12-7-8-17-15-18-14(19-20(12)15)13-2-1-9-21-13/h3-8,13H,1-2,9H2. The number of nitrogens with zero attached hydrogens (tertiary/aromatic N) is 4. The van der Waals surface area contributed by atoms with Crippen molar-refractivity contribution in [1.82, 2.24) is 19.6 Å². The molecule has 0 radical (unpaired) electrons. The molecule has 1 aromatic carbocycles. The zero-order valence-electron chi connectivity index (χ0n) is 11.2. The number of halogens is 1. The summed E-state index contributed by atoms with van der Waals surface area (Å²) in [6, 6.07) is 8.14. The van der Waals surface area contributed by atoms with Gasteiger partial charge in [-0.1, -0.05) is 0 Å². The fourth-order valence-corrected chi connectivity index (χ4v) is 2.57. The van der Waals surface area contributed by atoms with E-state index in [0.29, 0.717) is 11.6 Å². The fraction of sp³-hybridized carbons (Fsp3) is 0.267. The summed E-state index contributed by atoms with van der Waals surface area (Å²) < 4.78 is 20.4. The van der Waals surface area contributed by atoms with Crippen LogP contribution in [0.4, 0.5) is 4.39 Å². The van der Waals surface area contributed by atoms with Crippen LogP contribution in [0, 0.1) is 5.82 Å². The Labute approximate surface area is 120 Å². The van der Waals surface area contributed by atoms with Crippen molar-refractivity contribution < 1.29 is 9.13 Å². The maximum atomic E-state index is 13.1. The average Bonchev–Trinajstić information content (AvgIpc) is 3.16. The van der Waals surface area contributed by atoms with Crippen molar-refractivity contribution in [2.45, 2.75) is 18.9 Å². The molecular weight excluding hydrogens is 271 g/mol. The molecule has 106 valence electrons. The lowest BCUT2D eigenvalue weighted by atomic mass is 10.1. The van der Waals surface area contributed by atoms with E-state index < -0.39 is 0 Å². The van der Waals surface area contributed by atoms with Gasteiger partial charge in [-0.2, -0.15) is 9.50 Å². The van der Waals surface area contributed by atoms with Crippen LogP contribution in [0.2, 0.25) is 0 Å². The molecule has 1 unspecified atom stereocenters. The van der Waals surface area contributed by atoms with Gasteiger partial charge < -0.3 is 4.74 Å². The minimum atomic E-state index is -0.261. The van der Waals surface area contributed by atoms with Gasteiger partial charge in [0.25, 0.3) is 5.78 Å². The molecular formula is C15H13FN4O. The summed E-state index contributed by atoms with van der Waals surface area (Å²) in [5, 5.41) is 4.52. The summed E-state index contributed by atoms with van der Waals surface area (Å²) in [5.74, 6) is 0.930. The van der Waals surface area contributed by atoms with Crippen molar-refractivity contribution >= 4 is 5.78 Å². The smallest absolute Gasteiger partial charge is 0.253 e. The van der Waals surface area contributed by atoms with Crippen LogP contribution in [0.3, 0.4) is 0 Å². The number of hydrogen-bond acceptors (Lipinski definition) is 4. The van der Waals surface area contributed by atoms with Crippen molar-refractivity contribution in [3.63, 3.8) is 0 Å². The van der Waals surface area contributed by atoms with Crippen molar-refractivity contribution in [3.05, 3.63) is 48.2 Å². The minimum absolute atomic E-state index is 0.0484. The Morgan fingerprint density at radius 1 is 1.19 bits per heavy atom. The summed E-state index contributed by atoms with van der Waals surface area (Å²) >= 11 is 0. The lowest BCUT2D eigenvalue weighted by Gasteiger charge is -2.04. The molecule has 0 bridgehead atoms. The summed E-state index contributed by atoms with van der Waals surface area (Å²) in [6.07, 6.45) is 3.59. The number of rotatable bonds is 2. The van der Waals surface area contributed by atoms with Gasteiger partial charge in [-0.3, -0.25) is 0 Å². The second-order valence-corrected chi connectivity index (χ2v) is 5.02. The van der Waals surface area contributed by atoms with Crippen molar-refractivity contribution in [1.29, 1.82) is 0 Å². The van der Waals surface area contributed by atoms with Crippen LogP contribution in [-0.2, 0) is 4.74 Å². The molecule has 1 saturated heterocycles. The molecule has 1 atom stereocenters.